The van der Waals surface area contributed by atoms with Crippen LogP contribution in [0.15, 0.2) is 23.6 Å². The second-order valence-electron chi connectivity index (χ2n) is 4.43. The summed E-state index contributed by atoms with van der Waals surface area (Å²) in [6.07, 6.45) is 0. The molecule has 1 aromatic carbocycles. The van der Waals surface area contributed by atoms with E-state index in [9.17, 15) is 10.1 Å². The van der Waals surface area contributed by atoms with Gasteiger partial charge >= 0.3 is 5.00 Å². The van der Waals surface area contributed by atoms with Crippen molar-refractivity contribution in [1.82, 2.24) is 0 Å². The van der Waals surface area contributed by atoms with Gasteiger partial charge < -0.3 is 14.8 Å². The lowest BCUT2D eigenvalue weighted by atomic mass is 10.1. The molecule has 2 rings (SSSR count). The fourth-order valence-electron chi connectivity index (χ4n) is 1.92. The number of nitrogens with zero attached hydrogens (tertiary/aromatic N) is 1. The van der Waals surface area contributed by atoms with Crippen molar-refractivity contribution in [2.45, 2.75) is 13.5 Å². The number of hydrogen-bond donors (Lipinski definition) is 1. The van der Waals surface area contributed by atoms with Gasteiger partial charge in [0, 0.05) is 29.7 Å². The number of aryl methyl sites for hydroxylation is 1. The minimum Gasteiger partial charge on any atom is -0.493 e. The van der Waals surface area contributed by atoms with Crippen LogP contribution in [-0.2, 0) is 6.54 Å². The lowest BCUT2D eigenvalue weighted by molar-refractivity contribution is -0.380. The molecule has 0 spiro atoms. The zero-order valence-electron chi connectivity index (χ0n) is 12.0. The van der Waals surface area contributed by atoms with Crippen molar-refractivity contribution >= 4 is 22.0 Å². The van der Waals surface area contributed by atoms with Crippen LogP contribution in [0.5, 0.6) is 11.5 Å². The van der Waals surface area contributed by atoms with Crippen LogP contribution in [0.1, 0.15) is 11.1 Å². The molecule has 0 bridgehead atoms. The van der Waals surface area contributed by atoms with E-state index in [1.807, 2.05) is 19.1 Å². The van der Waals surface area contributed by atoms with E-state index in [-0.39, 0.29) is 9.92 Å². The molecule has 0 aliphatic carbocycles. The molecule has 21 heavy (non-hydrogen) atoms. The first-order chi connectivity index (χ1) is 10.0. The zero-order chi connectivity index (χ0) is 15.4. The molecule has 1 heterocycles. The third kappa shape index (κ3) is 3.43. The average Bonchev–Trinajstić information content (AvgIpc) is 2.94. The highest BCUT2D eigenvalue weighted by molar-refractivity contribution is 7.13. The summed E-state index contributed by atoms with van der Waals surface area (Å²) >= 11 is 1.13. The highest BCUT2D eigenvalue weighted by atomic mass is 32.1. The monoisotopic (exact) mass is 308 g/mol. The van der Waals surface area contributed by atoms with Crippen molar-refractivity contribution in [3.63, 3.8) is 0 Å². The minimum atomic E-state index is -0.379. The molecule has 0 unspecified atom stereocenters. The second kappa shape index (κ2) is 6.45. The maximum absolute atomic E-state index is 10.7. The summed E-state index contributed by atoms with van der Waals surface area (Å²) in [6.45, 7) is 2.47. The maximum atomic E-state index is 10.7. The van der Waals surface area contributed by atoms with Crippen LogP contribution in [0, 0.1) is 17.0 Å². The summed E-state index contributed by atoms with van der Waals surface area (Å²) in [6, 6.07) is 5.32. The number of benzene rings is 1. The molecule has 1 N–H and O–H groups in total. The van der Waals surface area contributed by atoms with Gasteiger partial charge in [-0.25, -0.2) is 0 Å². The Morgan fingerprint density at radius 3 is 2.48 bits per heavy atom. The summed E-state index contributed by atoms with van der Waals surface area (Å²) in [5.74, 6) is 1.31. The first-order valence-electron chi connectivity index (χ1n) is 6.23. The quantitative estimate of drug-likeness (QED) is 0.652. The molecular weight excluding hydrogens is 292 g/mol. The molecular formula is C14H16N2O4S. The largest absolute Gasteiger partial charge is 0.493 e. The number of thiophene rings is 1. The molecule has 0 atom stereocenters. The zero-order valence-corrected chi connectivity index (χ0v) is 12.8. The van der Waals surface area contributed by atoms with Crippen molar-refractivity contribution in [3.8, 4) is 11.5 Å². The van der Waals surface area contributed by atoms with Crippen LogP contribution in [-0.4, -0.2) is 19.1 Å². The topological polar surface area (TPSA) is 73.6 Å². The molecule has 0 saturated heterocycles. The maximum Gasteiger partial charge on any atom is 0.324 e. The molecule has 1 aromatic heterocycles. The van der Waals surface area contributed by atoms with E-state index in [2.05, 4.69) is 5.32 Å². The Hall–Kier alpha value is -2.28. The normalized spacial score (nSPS) is 10.2. The van der Waals surface area contributed by atoms with Gasteiger partial charge in [0.15, 0.2) is 11.5 Å². The summed E-state index contributed by atoms with van der Waals surface area (Å²) in [7, 11) is 3.17. The van der Waals surface area contributed by atoms with E-state index < -0.39 is 0 Å². The fourth-order valence-corrected chi connectivity index (χ4v) is 2.65. The average molecular weight is 308 g/mol. The molecule has 0 aliphatic rings. The van der Waals surface area contributed by atoms with Gasteiger partial charge in [-0.05, 0) is 24.1 Å². The van der Waals surface area contributed by atoms with E-state index in [4.69, 9.17) is 9.47 Å². The predicted molar refractivity (Wildman–Crippen MR) is 82.6 cm³/mol. The van der Waals surface area contributed by atoms with Crippen molar-refractivity contribution < 1.29 is 14.4 Å². The Kier molecular flexibility index (Phi) is 4.64. The number of nitro groups is 1. The first kappa shape index (κ1) is 15.1. The van der Waals surface area contributed by atoms with Gasteiger partial charge in [0.1, 0.15) is 0 Å². The van der Waals surface area contributed by atoms with Crippen LogP contribution in [0.4, 0.5) is 10.7 Å². The molecule has 0 amide bonds. The van der Waals surface area contributed by atoms with Crippen LogP contribution < -0.4 is 14.8 Å². The van der Waals surface area contributed by atoms with E-state index >= 15 is 0 Å². The number of rotatable bonds is 6. The molecule has 6 nitrogen and oxygen atoms in total. The van der Waals surface area contributed by atoms with Crippen LogP contribution in [0.3, 0.4) is 0 Å². The highest BCUT2D eigenvalue weighted by Gasteiger charge is 2.11. The van der Waals surface area contributed by atoms with Crippen LogP contribution >= 0.6 is 11.3 Å². The third-order valence-corrected chi connectivity index (χ3v) is 3.96. The summed E-state index contributed by atoms with van der Waals surface area (Å²) in [5, 5.41) is 15.8. The Labute approximate surface area is 126 Å². The van der Waals surface area contributed by atoms with Crippen LogP contribution in [0.25, 0.3) is 0 Å². The summed E-state index contributed by atoms with van der Waals surface area (Å²) in [5.41, 5.74) is 2.79. The number of nitrogens with one attached hydrogen (secondary N) is 1. The van der Waals surface area contributed by atoms with Crippen molar-refractivity contribution in [2.24, 2.45) is 0 Å². The Bertz CT molecular complexity index is 654. The van der Waals surface area contributed by atoms with Gasteiger partial charge in [-0.1, -0.05) is 11.3 Å². The van der Waals surface area contributed by atoms with E-state index in [1.165, 1.54) is 0 Å². The van der Waals surface area contributed by atoms with E-state index in [1.54, 1.807) is 25.7 Å². The molecule has 0 radical (unpaired) electrons. The van der Waals surface area contributed by atoms with E-state index in [0.717, 1.165) is 28.2 Å². The van der Waals surface area contributed by atoms with Crippen LogP contribution in [0.2, 0.25) is 0 Å². The number of anilines is 1. The molecule has 0 aliphatic heterocycles. The highest BCUT2D eigenvalue weighted by Crippen LogP contribution is 2.33. The lowest BCUT2D eigenvalue weighted by Gasteiger charge is -2.14. The van der Waals surface area contributed by atoms with Gasteiger partial charge in [0.25, 0.3) is 0 Å². The van der Waals surface area contributed by atoms with Gasteiger partial charge in [0.2, 0.25) is 0 Å². The molecule has 112 valence electrons. The first-order valence-corrected chi connectivity index (χ1v) is 7.11. The van der Waals surface area contributed by atoms with Gasteiger partial charge in [-0.3, -0.25) is 10.1 Å². The smallest absolute Gasteiger partial charge is 0.324 e. The van der Waals surface area contributed by atoms with Gasteiger partial charge in [-0.2, -0.15) is 0 Å². The molecule has 2 aromatic rings. The van der Waals surface area contributed by atoms with E-state index in [0.29, 0.717) is 18.0 Å². The van der Waals surface area contributed by atoms with Crippen molar-refractivity contribution in [2.75, 3.05) is 19.5 Å². The van der Waals surface area contributed by atoms with Gasteiger partial charge in [0.05, 0.1) is 19.1 Å². The second-order valence-corrected chi connectivity index (χ2v) is 5.32. The number of ether oxygens (including phenoxy) is 2. The Balaban J connectivity index is 2.13. The number of methoxy groups -OCH3 is 2. The fraction of sp³-hybridized carbons (Fsp3) is 0.286. The summed E-state index contributed by atoms with van der Waals surface area (Å²) in [4.78, 5) is 10.3. The number of hydrogen-bond acceptors (Lipinski definition) is 6. The van der Waals surface area contributed by atoms with Gasteiger partial charge in [-0.15, -0.1) is 0 Å². The van der Waals surface area contributed by atoms with Crippen molar-refractivity contribution in [1.29, 1.82) is 0 Å². The third-order valence-electron chi connectivity index (χ3n) is 3.03. The minimum absolute atomic E-state index is 0.149. The molecule has 0 saturated carbocycles. The molecule has 7 heteroatoms. The SMILES string of the molecule is COc1cc(C)c(NCc2csc([N+](=O)[O-])c2)cc1OC. The lowest BCUT2D eigenvalue weighted by Crippen LogP contribution is -2.01. The Morgan fingerprint density at radius 1 is 1.24 bits per heavy atom. The van der Waals surface area contributed by atoms with Crippen molar-refractivity contribution in [3.05, 3.63) is 44.8 Å². The standard InChI is InChI=1S/C14H16N2O4S/c1-9-4-12(19-2)13(20-3)6-11(9)15-7-10-5-14(16(17)18)21-8-10/h4-6,8,15H,7H2,1-3H3. The summed E-state index contributed by atoms with van der Waals surface area (Å²) < 4.78 is 10.5. The predicted octanol–water partition coefficient (Wildman–Crippen LogP) is 3.59. The molecule has 0 fully saturated rings. The Morgan fingerprint density at radius 2 is 1.90 bits per heavy atom.